The fraction of sp³-hybridized carbons (Fsp3) is 0.0312. The van der Waals surface area contributed by atoms with E-state index in [2.05, 4.69) is 9.97 Å². The Hall–Kier alpha value is -4.78. The first-order valence-corrected chi connectivity index (χ1v) is 12.8. The zero-order chi connectivity index (χ0) is 26.6. The molecule has 0 aliphatic carbocycles. The maximum Gasteiger partial charge on any atom is 0.222 e. The molecular weight excluding hydrogens is 506 g/mol. The summed E-state index contributed by atoms with van der Waals surface area (Å²) >= 11 is 6.13. The molecule has 7 heteroatoms. The lowest BCUT2D eigenvalue weighted by Gasteiger charge is -2.33. The lowest BCUT2D eigenvalue weighted by molar-refractivity contribution is 0.461. The van der Waals surface area contributed by atoms with Crippen molar-refractivity contribution in [3.05, 3.63) is 148 Å². The van der Waals surface area contributed by atoms with Crippen LogP contribution in [0, 0.1) is 0 Å². The van der Waals surface area contributed by atoms with Crippen LogP contribution in [0.15, 0.2) is 120 Å². The van der Waals surface area contributed by atoms with Gasteiger partial charge in [0, 0.05) is 34.0 Å². The van der Waals surface area contributed by atoms with Gasteiger partial charge in [0.25, 0.3) is 0 Å². The van der Waals surface area contributed by atoms with Gasteiger partial charge in [-0.15, -0.1) is 0 Å². The Kier molecular flexibility index (Phi) is 6.87. The Labute approximate surface area is 231 Å². The van der Waals surface area contributed by atoms with Crippen molar-refractivity contribution in [3.8, 4) is 11.6 Å². The van der Waals surface area contributed by atoms with Crippen molar-refractivity contribution in [2.75, 3.05) is 5.01 Å². The molecule has 6 nitrogen and oxygen atoms in total. The van der Waals surface area contributed by atoms with Crippen LogP contribution in [-0.2, 0) is 0 Å². The minimum Gasteiger partial charge on any atom is -0.439 e. The van der Waals surface area contributed by atoms with Crippen LogP contribution in [0.5, 0.6) is 11.6 Å². The molecule has 0 saturated heterocycles. The third-order valence-electron chi connectivity index (χ3n) is 6.32. The van der Waals surface area contributed by atoms with Gasteiger partial charge in [0.1, 0.15) is 11.9 Å². The predicted molar refractivity (Wildman–Crippen MR) is 157 cm³/mol. The number of aromatic nitrogens is 2. The number of hydrazone groups is 1. The summed E-state index contributed by atoms with van der Waals surface area (Å²) in [6.07, 6.45) is 5.06. The van der Waals surface area contributed by atoms with Crippen molar-refractivity contribution in [1.82, 2.24) is 9.97 Å². The molecule has 0 spiro atoms. The topological polar surface area (TPSA) is 76.6 Å². The third-order valence-corrected chi connectivity index (χ3v) is 6.57. The van der Waals surface area contributed by atoms with E-state index in [1.165, 1.54) is 0 Å². The number of nitrogens with zero attached hydrogens (tertiary/aromatic N) is 4. The van der Waals surface area contributed by atoms with Crippen molar-refractivity contribution in [3.63, 3.8) is 0 Å². The van der Waals surface area contributed by atoms with Crippen LogP contribution >= 0.6 is 11.6 Å². The summed E-state index contributed by atoms with van der Waals surface area (Å²) in [7, 11) is 0. The number of halogens is 1. The van der Waals surface area contributed by atoms with Crippen LogP contribution in [0.2, 0.25) is 5.02 Å². The molecule has 2 heterocycles. The van der Waals surface area contributed by atoms with E-state index in [0.29, 0.717) is 22.5 Å². The Balaban J connectivity index is 1.24. The van der Waals surface area contributed by atoms with Gasteiger partial charge in [0.2, 0.25) is 5.88 Å². The normalized spacial score (nSPS) is 14.7. The number of benzene rings is 4. The zero-order valence-electron chi connectivity index (χ0n) is 20.9. The highest BCUT2D eigenvalue weighted by atomic mass is 35.5. The van der Waals surface area contributed by atoms with Gasteiger partial charge in [-0.2, -0.15) is 10.1 Å². The molecule has 5 aromatic rings. The Bertz CT molecular complexity index is 1650. The number of fused-ring (bicyclic) bond motifs is 1. The molecule has 1 aliphatic heterocycles. The molecule has 0 radical (unpaired) electrons. The fourth-order valence-electron chi connectivity index (χ4n) is 4.38. The highest BCUT2D eigenvalue weighted by Crippen LogP contribution is 2.34. The lowest BCUT2D eigenvalue weighted by atomic mass is 9.94. The van der Waals surface area contributed by atoms with Crippen LogP contribution in [0.25, 0.3) is 12.2 Å². The monoisotopic (exact) mass is 529 g/mol. The molecule has 4 aromatic carbocycles. The average Bonchev–Trinajstić information content (AvgIpc) is 2.98. The van der Waals surface area contributed by atoms with Crippen LogP contribution in [0.3, 0.4) is 0 Å². The molecule has 6 rings (SSSR count). The van der Waals surface area contributed by atoms with Gasteiger partial charge >= 0.3 is 0 Å². The molecule has 2 N–H and O–H groups in total. The van der Waals surface area contributed by atoms with E-state index in [9.17, 15) is 0 Å². The maximum atomic E-state index is 6.68. The molecule has 0 amide bonds. The SMILES string of the molecule is NC1c2ccccc2C(c2ccc(Cl)cc2)=NN1c1ccc(Oc2ccnc(C=Cc3ccccc3)n2)cc1. The molecule has 39 heavy (non-hydrogen) atoms. The minimum absolute atomic E-state index is 0.440. The Morgan fingerprint density at radius 1 is 0.795 bits per heavy atom. The number of rotatable bonds is 6. The summed E-state index contributed by atoms with van der Waals surface area (Å²) in [6.45, 7) is 0. The molecule has 1 aliphatic rings. The van der Waals surface area contributed by atoms with Gasteiger partial charge in [0.15, 0.2) is 5.82 Å². The second kappa shape index (κ2) is 10.9. The Morgan fingerprint density at radius 2 is 1.54 bits per heavy atom. The molecule has 0 saturated carbocycles. The maximum absolute atomic E-state index is 6.68. The third kappa shape index (κ3) is 5.43. The standard InChI is InChI=1S/C32H24ClN5O/c33-24-13-11-23(12-14-24)31-27-8-4-5-9-28(27)32(34)38(37-31)25-15-17-26(18-16-25)39-30-20-21-35-29(36-30)19-10-22-6-2-1-3-7-22/h1-21,32H,34H2. The quantitative estimate of drug-likeness (QED) is 0.249. The lowest BCUT2D eigenvalue weighted by Crippen LogP contribution is -2.36. The predicted octanol–water partition coefficient (Wildman–Crippen LogP) is 7.32. The van der Waals surface area contributed by atoms with Crippen LogP contribution in [0.1, 0.15) is 34.2 Å². The summed E-state index contributed by atoms with van der Waals surface area (Å²) in [5.74, 6) is 1.66. The van der Waals surface area contributed by atoms with E-state index in [1.807, 2.05) is 120 Å². The number of anilines is 1. The van der Waals surface area contributed by atoms with E-state index in [-0.39, 0.29) is 0 Å². The molecule has 190 valence electrons. The summed E-state index contributed by atoms with van der Waals surface area (Å²) in [5, 5.41) is 7.46. The summed E-state index contributed by atoms with van der Waals surface area (Å²) in [5.41, 5.74) is 12.4. The van der Waals surface area contributed by atoms with Crippen molar-refractivity contribution >= 4 is 35.2 Å². The second-order valence-electron chi connectivity index (χ2n) is 8.93. The van der Waals surface area contributed by atoms with Gasteiger partial charge < -0.3 is 10.5 Å². The van der Waals surface area contributed by atoms with Gasteiger partial charge in [-0.3, -0.25) is 0 Å². The zero-order valence-corrected chi connectivity index (χ0v) is 21.6. The number of hydrogen-bond donors (Lipinski definition) is 1. The van der Waals surface area contributed by atoms with E-state index in [4.69, 9.17) is 27.2 Å². The number of nitrogens with two attached hydrogens (primary N) is 1. The molecule has 1 atom stereocenters. The van der Waals surface area contributed by atoms with Crippen molar-refractivity contribution in [1.29, 1.82) is 0 Å². The Morgan fingerprint density at radius 3 is 2.33 bits per heavy atom. The smallest absolute Gasteiger partial charge is 0.222 e. The molecule has 1 aromatic heterocycles. The van der Waals surface area contributed by atoms with Crippen molar-refractivity contribution < 1.29 is 4.74 Å². The van der Waals surface area contributed by atoms with Crippen LogP contribution in [-0.4, -0.2) is 15.7 Å². The van der Waals surface area contributed by atoms with E-state index in [1.54, 1.807) is 12.3 Å². The van der Waals surface area contributed by atoms with Crippen LogP contribution < -0.4 is 15.5 Å². The highest BCUT2D eigenvalue weighted by molar-refractivity contribution is 6.30. The molecule has 0 bridgehead atoms. The van der Waals surface area contributed by atoms with E-state index in [0.717, 1.165) is 33.7 Å². The minimum atomic E-state index is -0.440. The fourth-order valence-corrected chi connectivity index (χ4v) is 4.51. The number of hydrogen-bond acceptors (Lipinski definition) is 6. The van der Waals surface area contributed by atoms with Gasteiger partial charge in [-0.25, -0.2) is 9.99 Å². The largest absolute Gasteiger partial charge is 0.439 e. The summed E-state index contributed by atoms with van der Waals surface area (Å²) in [6, 6.07) is 35.1. The van der Waals surface area contributed by atoms with Gasteiger partial charge in [-0.05, 0) is 48.0 Å². The average molecular weight is 530 g/mol. The first-order chi connectivity index (χ1) is 19.1. The molecule has 1 unspecified atom stereocenters. The second-order valence-corrected chi connectivity index (χ2v) is 9.36. The first kappa shape index (κ1) is 24.6. The molecular formula is C32H24ClN5O. The first-order valence-electron chi connectivity index (χ1n) is 12.5. The highest BCUT2D eigenvalue weighted by Gasteiger charge is 2.27. The van der Waals surface area contributed by atoms with Gasteiger partial charge in [-0.1, -0.05) is 84.4 Å². The number of ether oxygens (including phenoxy) is 1. The van der Waals surface area contributed by atoms with E-state index >= 15 is 0 Å². The van der Waals surface area contributed by atoms with Crippen molar-refractivity contribution in [2.24, 2.45) is 10.8 Å². The molecule has 0 fully saturated rings. The van der Waals surface area contributed by atoms with Crippen molar-refractivity contribution in [2.45, 2.75) is 6.17 Å². The van der Waals surface area contributed by atoms with Crippen LogP contribution in [0.4, 0.5) is 5.69 Å². The van der Waals surface area contributed by atoms with E-state index < -0.39 is 6.17 Å². The summed E-state index contributed by atoms with van der Waals surface area (Å²) in [4.78, 5) is 8.81. The summed E-state index contributed by atoms with van der Waals surface area (Å²) < 4.78 is 6.02. The van der Waals surface area contributed by atoms with Gasteiger partial charge in [0.05, 0.1) is 11.4 Å².